The standard InChI is InChI=1S/C20H15N3O3S/c24-10-14-8-19(22-12-21-14)26-15-6-7-16-17(11-27-18(16)9-15)20(25)23-13-4-2-1-3-5-13/h1-9,11-12,24H,10H2,(H,23,25). The summed E-state index contributed by atoms with van der Waals surface area (Å²) in [4.78, 5) is 20.5. The van der Waals surface area contributed by atoms with Gasteiger partial charge < -0.3 is 15.2 Å². The van der Waals surface area contributed by atoms with E-state index >= 15 is 0 Å². The normalized spacial score (nSPS) is 10.7. The molecule has 134 valence electrons. The Bertz CT molecular complexity index is 1100. The zero-order chi connectivity index (χ0) is 18.6. The number of benzene rings is 2. The summed E-state index contributed by atoms with van der Waals surface area (Å²) in [5.74, 6) is 0.804. The SMILES string of the molecule is O=C(Nc1ccccc1)c1csc2cc(Oc3cc(CO)ncn3)ccc12. The van der Waals surface area contributed by atoms with Crippen LogP contribution in [0.5, 0.6) is 11.6 Å². The number of carbonyl (C=O) groups excluding carboxylic acids is 1. The quantitative estimate of drug-likeness (QED) is 0.544. The van der Waals surface area contributed by atoms with E-state index in [0.717, 1.165) is 15.8 Å². The number of aromatic nitrogens is 2. The number of aliphatic hydroxyl groups excluding tert-OH is 1. The van der Waals surface area contributed by atoms with Gasteiger partial charge in [0.2, 0.25) is 5.88 Å². The number of hydrogen-bond donors (Lipinski definition) is 2. The Hall–Kier alpha value is -3.29. The Morgan fingerprint density at radius 1 is 1.11 bits per heavy atom. The highest BCUT2D eigenvalue weighted by molar-refractivity contribution is 7.17. The second-order valence-electron chi connectivity index (χ2n) is 5.74. The van der Waals surface area contributed by atoms with E-state index in [0.29, 0.717) is 22.9 Å². The summed E-state index contributed by atoms with van der Waals surface area (Å²) in [5, 5.41) is 14.7. The van der Waals surface area contributed by atoms with E-state index in [4.69, 9.17) is 9.84 Å². The molecule has 0 saturated carbocycles. The highest BCUT2D eigenvalue weighted by Crippen LogP contribution is 2.31. The lowest BCUT2D eigenvalue weighted by molar-refractivity contribution is 0.102. The predicted octanol–water partition coefficient (Wildman–Crippen LogP) is 4.23. The third-order valence-corrected chi connectivity index (χ3v) is 4.85. The molecule has 0 radical (unpaired) electrons. The fourth-order valence-corrected chi connectivity index (χ4v) is 3.58. The first kappa shape index (κ1) is 17.1. The molecule has 6 nitrogen and oxygen atoms in total. The molecule has 2 heterocycles. The van der Waals surface area contributed by atoms with Crippen LogP contribution < -0.4 is 10.1 Å². The maximum Gasteiger partial charge on any atom is 0.257 e. The van der Waals surface area contributed by atoms with Crippen LogP contribution in [0.25, 0.3) is 10.1 Å². The zero-order valence-electron chi connectivity index (χ0n) is 14.1. The Balaban J connectivity index is 1.57. The Morgan fingerprint density at radius 2 is 1.96 bits per heavy atom. The largest absolute Gasteiger partial charge is 0.439 e. The molecule has 27 heavy (non-hydrogen) atoms. The van der Waals surface area contributed by atoms with Crippen molar-refractivity contribution in [3.8, 4) is 11.6 Å². The summed E-state index contributed by atoms with van der Waals surface area (Å²) in [6.45, 7) is -0.178. The summed E-state index contributed by atoms with van der Waals surface area (Å²) >= 11 is 1.47. The molecule has 2 aromatic heterocycles. The summed E-state index contributed by atoms with van der Waals surface area (Å²) in [7, 11) is 0. The topological polar surface area (TPSA) is 84.3 Å². The van der Waals surface area contributed by atoms with Crippen LogP contribution in [-0.2, 0) is 6.61 Å². The number of ether oxygens (including phenoxy) is 1. The maximum absolute atomic E-state index is 12.6. The van der Waals surface area contributed by atoms with Gasteiger partial charge in [0, 0.05) is 27.2 Å². The van der Waals surface area contributed by atoms with E-state index in [2.05, 4.69) is 15.3 Å². The first-order valence-corrected chi connectivity index (χ1v) is 9.08. The van der Waals surface area contributed by atoms with E-state index in [1.165, 1.54) is 17.7 Å². The minimum Gasteiger partial charge on any atom is -0.439 e. The number of hydrogen-bond acceptors (Lipinski definition) is 6. The van der Waals surface area contributed by atoms with Gasteiger partial charge in [-0.05, 0) is 30.3 Å². The van der Waals surface area contributed by atoms with E-state index < -0.39 is 0 Å². The van der Waals surface area contributed by atoms with E-state index in [1.54, 1.807) is 12.1 Å². The van der Waals surface area contributed by atoms with E-state index in [1.807, 2.05) is 47.8 Å². The van der Waals surface area contributed by atoms with Gasteiger partial charge >= 0.3 is 0 Å². The average Bonchev–Trinajstić information content (AvgIpc) is 3.12. The van der Waals surface area contributed by atoms with Crippen molar-refractivity contribution in [2.75, 3.05) is 5.32 Å². The first-order chi connectivity index (χ1) is 13.2. The number of amides is 1. The molecule has 4 aromatic rings. The van der Waals surface area contributed by atoms with Crippen LogP contribution in [0.2, 0.25) is 0 Å². The fraction of sp³-hybridized carbons (Fsp3) is 0.0500. The smallest absolute Gasteiger partial charge is 0.257 e. The number of rotatable bonds is 5. The molecule has 0 saturated heterocycles. The first-order valence-electron chi connectivity index (χ1n) is 8.20. The van der Waals surface area contributed by atoms with Crippen LogP contribution in [0.3, 0.4) is 0 Å². The van der Waals surface area contributed by atoms with Gasteiger partial charge in [-0.2, -0.15) is 0 Å². The van der Waals surface area contributed by atoms with Crippen LogP contribution >= 0.6 is 11.3 Å². The molecular weight excluding hydrogens is 362 g/mol. The molecule has 0 aliphatic carbocycles. The van der Waals surface area contributed by atoms with Crippen LogP contribution in [0.1, 0.15) is 16.1 Å². The van der Waals surface area contributed by atoms with Gasteiger partial charge in [-0.3, -0.25) is 4.79 Å². The molecule has 0 aliphatic heterocycles. The third kappa shape index (κ3) is 3.79. The second-order valence-corrected chi connectivity index (χ2v) is 6.65. The summed E-state index contributed by atoms with van der Waals surface area (Å²) < 4.78 is 6.67. The van der Waals surface area contributed by atoms with Crippen LogP contribution in [0, 0.1) is 0 Å². The van der Waals surface area contributed by atoms with Crippen molar-refractivity contribution in [3.63, 3.8) is 0 Å². The number of anilines is 1. The molecule has 0 spiro atoms. The van der Waals surface area contributed by atoms with Gasteiger partial charge in [-0.15, -0.1) is 11.3 Å². The average molecular weight is 377 g/mol. The number of para-hydroxylation sites is 1. The van der Waals surface area contributed by atoms with E-state index in [-0.39, 0.29) is 12.5 Å². The van der Waals surface area contributed by atoms with Crippen molar-refractivity contribution in [3.05, 3.63) is 77.6 Å². The van der Waals surface area contributed by atoms with Crippen LogP contribution in [0.4, 0.5) is 5.69 Å². The number of nitrogens with one attached hydrogen (secondary N) is 1. The molecule has 4 rings (SSSR count). The maximum atomic E-state index is 12.6. The van der Waals surface area contributed by atoms with Crippen molar-refractivity contribution < 1.29 is 14.6 Å². The molecule has 7 heteroatoms. The number of fused-ring (bicyclic) bond motifs is 1. The number of aliphatic hydroxyl groups is 1. The van der Waals surface area contributed by atoms with Gasteiger partial charge in [0.05, 0.1) is 17.9 Å². The van der Waals surface area contributed by atoms with Gasteiger partial charge in [0.1, 0.15) is 12.1 Å². The van der Waals surface area contributed by atoms with Crippen molar-refractivity contribution in [1.82, 2.24) is 9.97 Å². The highest BCUT2D eigenvalue weighted by Gasteiger charge is 2.13. The predicted molar refractivity (Wildman–Crippen MR) is 104 cm³/mol. The van der Waals surface area contributed by atoms with Crippen molar-refractivity contribution in [2.45, 2.75) is 6.61 Å². The Labute approximate surface area is 159 Å². The molecule has 2 N–H and O–H groups in total. The molecule has 0 aliphatic rings. The minimum atomic E-state index is -0.178. The van der Waals surface area contributed by atoms with Crippen LogP contribution in [-0.4, -0.2) is 21.0 Å². The lowest BCUT2D eigenvalue weighted by Crippen LogP contribution is -2.10. The summed E-state index contributed by atoms with van der Waals surface area (Å²) in [5.41, 5.74) is 1.86. The molecule has 0 unspecified atom stereocenters. The Kier molecular flexibility index (Phi) is 4.78. The second kappa shape index (κ2) is 7.53. The molecule has 0 atom stereocenters. The number of thiophene rings is 1. The Morgan fingerprint density at radius 3 is 2.78 bits per heavy atom. The minimum absolute atomic E-state index is 0.149. The lowest BCUT2D eigenvalue weighted by atomic mass is 10.1. The molecule has 0 bridgehead atoms. The zero-order valence-corrected chi connectivity index (χ0v) is 14.9. The van der Waals surface area contributed by atoms with Gasteiger partial charge in [0.25, 0.3) is 5.91 Å². The molecule has 0 fully saturated rings. The highest BCUT2D eigenvalue weighted by atomic mass is 32.1. The molecule has 2 aromatic carbocycles. The van der Waals surface area contributed by atoms with E-state index in [9.17, 15) is 4.79 Å². The van der Waals surface area contributed by atoms with Crippen molar-refractivity contribution in [1.29, 1.82) is 0 Å². The lowest BCUT2D eigenvalue weighted by Gasteiger charge is -2.06. The number of carbonyl (C=O) groups is 1. The van der Waals surface area contributed by atoms with Gasteiger partial charge in [-0.25, -0.2) is 9.97 Å². The van der Waals surface area contributed by atoms with Gasteiger partial charge in [-0.1, -0.05) is 18.2 Å². The van der Waals surface area contributed by atoms with Crippen molar-refractivity contribution >= 4 is 33.0 Å². The van der Waals surface area contributed by atoms with Crippen LogP contribution in [0.15, 0.2) is 66.3 Å². The number of nitrogens with zero attached hydrogens (tertiary/aromatic N) is 2. The fourth-order valence-electron chi connectivity index (χ4n) is 2.61. The van der Waals surface area contributed by atoms with Gasteiger partial charge in [0.15, 0.2) is 0 Å². The molecular formula is C20H15N3O3S. The third-order valence-electron chi connectivity index (χ3n) is 3.91. The monoisotopic (exact) mass is 377 g/mol. The summed E-state index contributed by atoms with van der Waals surface area (Å²) in [6, 6.07) is 16.4. The van der Waals surface area contributed by atoms with Crippen molar-refractivity contribution in [2.24, 2.45) is 0 Å². The molecule has 1 amide bonds. The summed E-state index contributed by atoms with van der Waals surface area (Å²) in [6.07, 6.45) is 1.34.